The fourth-order valence-corrected chi connectivity index (χ4v) is 4.86. The second kappa shape index (κ2) is 13.3. The second-order valence-corrected chi connectivity index (χ2v) is 10.7. The Hall–Kier alpha value is -1.81. The van der Waals surface area contributed by atoms with Crippen LogP contribution in [0.3, 0.4) is 0 Å². The molecule has 3 rings (SSSR count). The van der Waals surface area contributed by atoms with Gasteiger partial charge in [0.15, 0.2) is 0 Å². The van der Waals surface area contributed by atoms with E-state index < -0.39 is 0 Å². The van der Waals surface area contributed by atoms with Crippen molar-refractivity contribution in [3.63, 3.8) is 0 Å². The number of aryl methyl sites for hydroxylation is 2. The third kappa shape index (κ3) is 8.15. The summed E-state index contributed by atoms with van der Waals surface area (Å²) in [5.41, 5.74) is 11.9. The summed E-state index contributed by atoms with van der Waals surface area (Å²) >= 11 is 6.02. The molecule has 1 heterocycles. The average Bonchev–Trinajstić information content (AvgIpc) is 2.84. The number of piperidine rings is 1. The highest BCUT2D eigenvalue weighted by atomic mass is 35.5. The lowest BCUT2D eigenvalue weighted by Gasteiger charge is -2.40. The zero-order valence-electron chi connectivity index (χ0n) is 21.6. The van der Waals surface area contributed by atoms with Gasteiger partial charge in [-0.2, -0.15) is 0 Å². The third-order valence-electron chi connectivity index (χ3n) is 7.42. The van der Waals surface area contributed by atoms with E-state index in [1.807, 2.05) is 12.1 Å². The van der Waals surface area contributed by atoms with Crippen LogP contribution < -0.4 is 10.6 Å². The molecule has 2 atom stereocenters. The van der Waals surface area contributed by atoms with Gasteiger partial charge in [0.2, 0.25) is 0 Å². The predicted octanol–water partition coefficient (Wildman–Crippen LogP) is 6.74. The van der Waals surface area contributed by atoms with Gasteiger partial charge in [0, 0.05) is 49.0 Å². The molecule has 0 radical (unpaired) electrons. The summed E-state index contributed by atoms with van der Waals surface area (Å²) in [5.74, 6) is 0.588. The molecule has 1 aliphatic heterocycles. The predicted molar refractivity (Wildman–Crippen MR) is 149 cm³/mol. The molecule has 1 aliphatic rings. The van der Waals surface area contributed by atoms with Crippen LogP contribution in [0.1, 0.15) is 58.1 Å². The first-order chi connectivity index (χ1) is 16.4. The van der Waals surface area contributed by atoms with Crippen molar-refractivity contribution in [3.8, 4) is 0 Å². The number of rotatable bonds is 11. The van der Waals surface area contributed by atoms with Crippen molar-refractivity contribution in [1.82, 2.24) is 4.90 Å². The van der Waals surface area contributed by atoms with E-state index in [1.54, 1.807) is 0 Å². The largest absolute Gasteiger partial charge is 0.365 e. The molecule has 3 nitrogen and oxygen atoms in total. The van der Waals surface area contributed by atoms with Gasteiger partial charge < -0.3 is 15.5 Å². The molecule has 4 heteroatoms. The van der Waals surface area contributed by atoms with Crippen molar-refractivity contribution in [3.05, 3.63) is 76.3 Å². The fraction of sp³-hybridized carbons (Fsp3) is 0.533. The topological polar surface area (TPSA) is 32.5 Å². The van der Waals surface area contributed by atoms with Gasteiger partial charge in [-0.1, -0.05) is 67.8 Å². The molecule has 186 valence electrons. The molecule has 34 heavy (non-hydrogen) atoms. The molecule has 0 aromatic heterocycles. The van der Waals surface area contributed by atoms with Crippen LogP contribution in [0.2, 0.25) is 5.02 Å². The first-order valence-electron chi connectivity index (χ1n) is 13.1. The minimum Gasteiger partial charge on any atom is -0.365 e. The average molecular weight is 482 g/mol. The van der Waals surface area contributed by atoms with E-state index in [4.69, 9.17) is 17.3 Å². The lowest BCUT2D eigenvalue weighted by atomic mass is 9.97. The van der Waals surface area contributed by atoms with Crippen LogP contribution in [0.4, 0.5) is 5.69 Å². The van der Waals surface area contributed by atoms with Crippen LogP contribution in [0.5, 0.6) is 0 Å². The van der Waals surface area contributed by atoms with Crippen LogP contribution in [0.15, 0.2) is 60.2 Å². The standard InChI is InChI=1S/C30H44ClN3/c1-5-24(4)30(32)22-33-19-17-29(18-20-33)34(21-16-23(2)3)28-14-10-26(11-15-28)7-6-25-8-12-27(31)13-9-25/h8-16,24,29-30H,5-7,17-22,32H2,1-4H3/t24?,30-/m1/s1. The van der Waals surface area contributed by atoms with E-state index in [-0.39, 0.29) is 6.04 Å². The summed E-state index contributed by atoms with van der Waals surface area (Å²) in [7, 11) is 0. The number of nitrogens with two attached hydrogens (primary N) is 1. The lowest BCUT2D eigenvalue weighted by molar-refractivity contribution is 0.184. The van der Waals surface area contributed by atoms with Gasteiger partial charge in [0.25, 0.3) is 0 Å². The van der Waals surface area contributed by atoms with E-state index >= 15 is 0 Å². The van der Waals surface area contributed by atoms with Crippen LogP contribution in [0, 0.1) is 5.92 Å². The molecule has 1 unspecified atom stereocenters. The van der Waals surface area contributed by atoms with Crippen molar-refractivity contribution >= 4 is 17.3 Å². The van der Waals surface area contributed by atoms with E-state index in [1.165, 1.54) is 35.2 Å². The van der Waals surface area contributed by atoms with E-state index in [9.17, 15) is 0 Å². The summed E-state index contributed by atoms with van der Waals surface area (Å²) in [4.78, 5) is 5.19. The molecule has 1 fully saturated rings. The van der Waals surface area contributed by atoms with Crippen molar-refractivity contribution < 1.29 is 0 Å². The normalized spacial score (nSPS) is 16.8. The maximum atomic E-state index is 6.44. The van der Waals surface area contributed by atoms with Crippen molar-refractivity contribution in [2.45, 2.75) is 71.9 Å². The molecule has 1 saturated heterocycles. The van der Waals surface area contributed by atoms with E-state index in [0.717, 1.165) is 50.5 Å². The Morgan fingerprint density at radius 3 is 2.12 bits per heavy atom. The highest BCUT2D eigenvalue weighted by Crippen LogP contribution is 2.25. The number of hydrogen-bond acceptors (Lipinski definition) is 3. The Balaban J connectivity index is 1.61. The van der Waals surface area contributed by atoms with Crippen LogP contribution in [-0.2, 0) is 12.8 Å². The monoisotopic (exact) mass is 481 g/mol. The molecule has 0 amide bonds. The van der Waals surface area contributed by atoms with Gasteiger partial charge in [0.05, 0.1) is 0 Å². The van der Waals surface area contributed by atoms with Crippen molar-refractivity contribution in [2.24, 2.45) is 11.7 Å². The molecular formula is C30H44ClN3. The molecule has 0 saturated carbocycles. The van der Waals surface area contributed by atoms with Crippen LogP contribution in [0.25, 0.3) is 0 Å². The quantitative estimate of drug-likeness (QED) is 0.361. The molecule has 2 aromatic rings. The maximum absolute atomic E-state index is 6.44. The summed E-state index contributed by atoms with van der Waals surface area (Å²) in [5, 5.41) is 0.800. The van der Waals surface area contributed by atoms with Gasteiger partial charge in [-0.15, -0.1) is 0 Å². The Kier molecular flexibility index (Phi) is 10.5. The molecular weight excluding hydrogens is 438 g/mol. The molecule has 0 bridgehead atoms. The number of halogens is 1. The third-order valence-corrected chi connectivity index (χ3v) is 7.67. The zero-order valence-corrected chi connectivity index (χ0v) is 22.4. The Morgan fingerprint density at radius 2 is 1.59 bits per heavy atom. The number of benzene rings is 2. The number of hydrogen-bond donors (Lipinski definition) is 1. The highest BCUT2D eigenvalue weighted by Gasteiger charge is 2.26. The Morgan fingerprint density at radius 1 is 1.03 bits per heavy atom. The molecule has 0 aliphatic carbocycles. The summed E-state index contributed by atoms with van der Waals surface area (Å²) in [6.07, 6.45) is 7.99. The van der Waals surface area contributed by atoms with Crippen molar-refractivity contribution in [2.75, 3.05) is 31.1 Å². The smallest absolute Gasteiger partial charge is 0.0406 e. The van der Waals surface area contributed by atoms with Gasteiger partial charge in [-0.3, -0.25) is 0 Å². The Bertz CT molecular complexity index is 878. The number of nitrogens with zero attached hydrogens (tertiary/aromatic N) is 2. The second-order valence-electron chi connectivity index (χ2n) is 10.3. The number of anilines is 1. The van der Waals surface area contributed by atoms with Gasteiger partial charge >= 0.3 is 0 Å². The summed E-state index contributed by atoms with van der Waals surface area (Å²) in [6, 6.07) is 18.3. The molecule has 2 N–H and O–H groups in total. The maximum Gasteiger partial charge on any atom is 0.0406 e. The van der Waals surface area contributed by atoms with Gasteiger partial charge in [-0.05, 0) is 80.8 Å². The fourth-order valence-electron chi connectivity index (χ4n) is 4.73. The van der Waals surface area contributed by atoms with Gasteiger partial charge in [-0.25, -0.2) is 0 Å². The van der Waals surface area contributed by atoms with E-state index in [2.05, 4.69) is 80.0 Å². The lowest BCUT2D eigenvalue weighted by Crippen LogP contribution is -2.49. The molecule has 2 aromatic carbocycles. The summed E-state index contributed by atoms with van der Waals surface area (Å²) in [6.45, 7) is 13.2. The highest BCUT2D eigenvalue weighted by molar-refractivity contribution is 6.30. The first kappa shape index (κ1) is 26.8. The summed E-state index contributed by atoms with van der Waals surface area (Å²) < 4.78 is 0. The Labute approximate surface area is 213 Å². The number of allylic oxidation sites excluding steroid dienone is 1. The van der Waals surface area contributed by atoms with E-state index in [0.29, 0.717) is 12.0 Å². The molecule has 0 spiro atoms. The minimum absolute atomic E-state index is 0.281. The van der Waals surface area contributed by atoms with Crippen LogP contribution >= 0.6 is 11.6 Å². The SMILES string of the molecule is CCC(C)[C@H](N)CN1CCC(N(CC=C(C)C)c2ccc(CCc3ccc(Cl)cc3)cc2)CC1. The number of likely N-dealkylation sites (tertiary alicyclic amines) is 1. The van der Waals surface area contributed by atoms with Crippen LogP contribution in [-0.4, -0.2) is 43.2 Å². The first-order valence-corrected chi connectivity index (χ1v) is 13.4. The zero-order chi connectivity index (χ0) is 24.5. The minimum atomic E-state index is 0.281. The van der Waals surface area contributed by atoms with Crippen molar-refractivity contribution in [1.29, 1.82) is 0 Å². The van der Waals surface area contributed by atoms with Gasteiger partial charge in [0.1, 0.15) is 0 Å².